The minimum atomic E-state index is -3.41. The fourth-order valence-electron chi connectivity index (χ4n) is 2.84. The predicted molar refractivity (Wildman–Crippen MR) is 105 cm³/mol. The van der Waals surface area contributed by atoms with E-state index in [4.69, 9.17) is 4.74 Å². The monoisotopic (exact) mass is 427 g/mol. The van der Waals surface area contributed by atoms with Crippen LogP contribution >= 0.6 is 11.3 Å². The van der Waals surface area contributed by atoms with Crippen molar-refractivity contribution >= 4 is 27.3 Å². The van der Waals surface area contributed by atoms with Crippen molar-refractivity contribution in [2.24, 2.45) is 0 Å². The molecule has 2 aromatic rings. The Morgan fingerprint density at radius 3 is 2.64 bits per heavy atom. The second-order valence-corrected chi connectivity index (χ2v) is 9.58. The highest BCUT2D eigenvalue weighted by molar-refractivity contribution is 7.89. The number of hydrogen-bond donors (Lipinski definition) is 1. The average molecular weight is 428 g/mol. The molecule has 1 aliphatic rings. The van der Waals surface area contributed by atoms with Crippen molar-refractivity contribution in [1.82, 2.24) is 14.6 Å². The van der Waals surface area contributed by atoms with Gasteiger partial charge in [0.1, 0.15) is 10.7 Å². The van der Waals surface area contributed by atoms with Gasteiger partial charge in [-0.1, -0.05) is 12.1 Å². The number of morpholine rings is 1. The van der Waals surface area contributed by atoms with E-state index in [9.17, 15) is 17.6 Å². The Labute approximate surface area is 167 Å². The summed E-state index contributed by atoms with van der Waals surface area (Å²) in [5.41, 5.74) is 1.49. The first-order chi connectivity index (χ1) is 13.3. The van der Waals surface area contributed by atoms with Crippen LogP contribution in [0, 0.1) is 12.7 Å². The fraction of sp³-hybridized carbons (Fsp3) is 0.444. The molecule has 0 bridgehead atoms. The molecule has 0 saturated carbocycles. The molecule has 0 aliphatic carbocycles. The van der Waals surface area contributed by atoms with Crippen molar-refractivity contribution < 1.29 is 22.3 Å². The normalized spacial score (nSPS) is 15.5. The highest BCUT2D eigenvalue weighted by atomic mass is 32.2. The number of nitrogens with zero attached hydrogens (tertiary/aromatic N) is 2. The van der Waals surface area contributed by atoms with E-state index in [0.29, 0.717) is 43.3 Å². The molecule has 0 spiro atoms. The third-order valence-corrected chi connectivity index (χ3v) is 7.35. The van der Waals surface area contributed by atoms with Gasteiger partial charge in [0.2, 0.25) is 10.0 Å². The van der Waals surface area contributed by atoms with Crippen LogP contribution in [-0.4, -0.2) is 62.2 Å². The largest absolute Gasteiger partial charge is 0.379 e. The molecule has 1 N–H and O–H groups in total. The number of ether oxygens (including phenoxy) is 1. The Kier molecular flexibility index (Phi) is 6.76. The number of thiazole rings is 1. The van der Waals surface area contributed by atoms with E-state index in [-0.39, 0.29) is 24.0 Å². The van der Waals surface area contributed by atoms with Crippen LogP contribution in [0.1, 0.15) is 25.9 Å². The summed E-state index contributed by atoms with van der Waals surface area (Å²) < 4.78 is 44.1. The molecule has 1 saturated heterocycles. The molecule has 1 amide bonds. The Morgan fingerprint density at radius 1 is 1.29 bits per heavy atom. The summed E-state index contributed by atoms with van der Waals surface area (Å²) in [5.74, 6) is -0.789. The maximum Gasteiger partial charge on any atom is 0.263 e. The molecule has 1 aromatic heterocycles. The number of amides is 1. The lowest BCUT2D eigenvalue weighted by Crippen LogP contribution is -2.43. The molecule has 10 heteroatoms. The smallest absolute Gasteiger partial charge is 0.263 e. The number of halogens is 1. The summed E-state index contributed by atoms with van der Waals surface area (Å²) >= 11 is 1.26. The topological polar surface area (TPSA) is 88.6 Å². The maximum atomic E-state index is 13.0. The first-order valence-corrected chi connectivity index (χ1v) is 11.3. The van der Waals surface area contributed by atoms with Crippen molar-refractivity contribution in [2.45, 2.75) is 13.3 Å². The molecule has 0 atom stereocenters. The van der Waals surface area contributed by atoms with Crippen LogP contribution in [0.2, 0.25) is 0 Å². The van der Waals surface area contributed by atoms with Crippen LogP contribution in [-0.2, 0) is 21.2 Å². The molecular weight excluding hydrogens is 405 g/mol. The zero-order chi connectivity index (χ0) is 20.1. The lowest BCUT2D eigenvalue weighted by Gasteiger charge is -2.26. The van der Waals surface area contributed by atoms with E-state index in [1.165, 1.54) is 27.8 Å². The standard InChI is InChI=1S/C18H22FN3O4S2/c1-13-17(27-16(21-13)12-14-2-4-15(19)5-3-14)18(23)20-6-11-28(24,25)22-7-9-26-10-8-22/h2-5H,6-12H2,1H3,(H,20,23). The summed E-state index contributed by atoms with van der Waals surface area (Å²) in [6.45, 7) is 3.24. The Morgan fingerprint density at radius 2 is 1.96 bits per heavy atom. The molecule has 1 aliphatic heterocycles. The number of rotatable bonds is 7. The van der Waals surface area contributed by atoms with Crippen LogP contribution in [0.4, 0.5) is 4.39 Å². The van der Waals surface area contributed by atoms with E-state index < -0.39 is 10.0 Å². The quantitative estimate of drug-likeness (QED) is 0.725. The van der Waals surface area contributed by atoms with Gasteiger partial charge in [-0.25, -0.2) is 17.8 Å². The minimum absolute atomic E-state index is 0.0309. The van der Waals surface area contributed by atoms with Gasteiger partial charge in [0.15, 0.2) is 0 Å². The van der Waals surface area contributed by atoms with Crippen molar-refractivity contribution in [3.05, 3.63) is 51.2 Å². The summed E-state index contributed by atoms with van der Waals surface area (Å²) in [4.78, 5) is 17.3. The molecule has 1 fully saturated rings. The maximum absolute atomic E-state index is 13.0. The molecule has 152 valence electrons. The number of nitrogens with one attached hydrogen (secondary N) is 1. The van der Waals surface area contributed by atoms with Crippen molar-refractivity contribution in [2.75, 3.05) is 38.6 Å². The zero-order valence-corrected chi connectivity index (χ0v) is 17.1. The molecule has 1 aromatic carbocycles. The fourth-order valence-corrected chi connectivity index (χ4v) is 5.18. The number of hydrogen-bond acceptors (Lipinski definition) is 6. The predicted octanol–water partition coefficient (Wildman–Crippen LogP) is 1.57. The molecule has 0 unspecified atom stereocenters. The van der Waals surface area contributed by atoms with Gasteiger partial charge in [-0.2, -0.15) is 4.31 Å². The van der Waals surface area contributed by atoms with E-state index in [1.807, 2.05) is 0 Å². The number of aromatic nitrogens is 1. The van der Waals surface area contributed by atoms with Gasteiger partial charge in [0, 0.05) is 26.1 Å². The third-order valence-electron chi connectivity index (χ3n) is 4.32. The molecule has 3 rings (SSSR count). The summed E-state index contributed by atoms with van der Waals surface area (Å²) in [6, 6.07) is 6.14. The summed E-state index contributed by atoms with van der Waals surface area (Å²) in [6.07, 6.45) is 0.504. The van der Waals surface area contributed by atoms with E-state index in [1.54, 1.807) is 19.1 Å². The van der Waals surface area contributed by atoms with Crippen molar-refractivity contribution in [3.63, 3.8) is 0 Å². The minimum Gasteiger partial charge on any atom is -0.379 e. The molecular formula is C18H22FN3O4S2. The molecule has 2 heterocycles. The average Bonchev–Trinajstić information content (AvgIpc) is 3.04. The van der Waals surface area contributed by atoms with Crippen LogP contribution < -0.4 is 5.32 Å². The lowest BCUT2D eigenvalue weighted by molar-refractivity contribution is 0.0730. The van der Waals surface area contributed by atoms with Crippen LogP contribution in [0.5, 0.6) is 0 Å². The van der Waals surface area contributed by atoms with E-state index in [2.05, 4.69) is 10.3 Å². The van der Waals surface area contributed by atoms with Gasteiger partial charge in [-0.3, -0.25) is 4.79 Å². The van der Waals surface area contributed by atoms with Crippen LogP contribution in [0.15, 0.2) is 24.3 Å². The SMILES string of the molecule is Cc1nc(Cc2ccc(F)cc2)sc1C(=O)NCCS(=O)(=O)N1CCOCC1. The Bertz CT molecular complexity index is 923. The van der Waals surface area contributed by atoms with E-state index >= 15 is 0 Å². The number of aryl methyl sites for hydroxylation is 1. The number of carbonyl (C=O) groups is 1. The summed E-state index contributed by atoms with van der Waals surface area (Å²) in [5, 5.41) is 3.41. The molecule has 7 nitrogen and oxygen atoms in total. The second kappa shape index (κ2) is 9.08. The van der Waals surface area contributed by atoms with Crippen LogP contribution in [0.25, 0.3) is 0 Å². The third kappa shape index (κ3) is 5.34. The van der Waals surface area contributed by atoms with Crippen molar-refractivity contribution in [1.29, 1.82) is 0 Å². The summed E-state index contributed by atoms with van der Waals surface area (Å²) in [7, 11) is -3.41. The second-order valence-electron chi connectivity index (χ2n) is 6.41. The highest BCUT2D eigenvalue weighted by Gasteiger charge is 2.24. The van der Waals surface area contributed by atoms with Crippen molar-refractivity contribution in [3.8, 4) is 0 Å². The van der Waals surface area contributed by atoms with Gasteiger partial charge in [-0.05, 0) is 24.6 Å². The first-order valence-electron chi connectivity index (χ1n) is 8.89. The van der Waals surface area contributed by atoms with Gasteiger partial charge in [-0.15, -0.1) is 11.3 Å². The van der Waals surface area contributed by atoms with Gasteiger partial charge in [0.25, 0.3) is 5.91 Å². The number of benzene rings is 1. The first kappa shape index (κ1) is 20.8. The number of carbonyl (C=O) groups excluding carboxylic acids is 1. The van der Waals surface area contributed by atoms with Gasteiger partial charge >= 0.3 is 0 Å². The van der Waals surface area contributed by atoms with Gasteiger partial charge in [0.05, 0.1) is 29.7 Å². The van der Waals surface area contributed by atoms with Crippen LogP contribution in [0.3, 0.4) is 0 Å². The number of sulfonamides is 1. The molecule has 28 heavy (non-hydrogen) atoms. The van der Waals surface area contributed by atoms with E-state index in [0.717, 1.165) is 10.6 Å². The highest BCUT2D eigenvalue weighted by Crippen LogP contribution is 2.21. The zero-order valence-electron chi connectivity index (χ0n) is 15.5. The Balaban J connectivity index is 1.55. The Hall–Kier alpha value is -1.88. The van der Waals surface area contributed by atoms with Gasteiger partial charge < -0.3 is 10.1 Å². The lowest BCUT2D eigenvalue weighted by atomic mass is 10.1. The molecule has 0 radical (unpaired) electrons.